The van der Waals surface area contributed by atoms with E-state index in [-0.39, 0.29) is 5.56 Å². The van der Waals surface area contributed by atoms with Crippen molar-refractivity contribution in [1.29, 1.82) is 0 Å². The van der Waals surface area contributed by atoms with Gasteiger partial charge in [0.05, 0.1) is 43.5 Å². The van der Waals surface area contributed by atoms with Gasteiger partial charge in [-0.15, -0.1) is 0 Å². The Bertz CT molecular complexity index is 1210. The van der Waals surface area contributed by atoms with Gasteiger partial charge in [0.1, 0.15) is 0 Å². The van der Waals surface area contributed by atoms with E-state index in [9.17, 15) is 9.59 Å². The first-order valence-electron chi connectivity index (χ1n) is 10.6. The first kappa shape index (κ1) is 21.7. The topological polar surface area (TPSA) is 82.9 Å². The van der Waals surface area contributed by atoms with Gasteiger partial charge in [-0.25, -0.2) is 14.3 Å². The van der Waals surface area contributed by atoms with Gasteiger partial charge in [0.2, 0.25) is 5.95 Å². The molecule has 1 aromatic heterocycles. The van der Waals surface area contributed by atoms with Gasteiger partial charge in [-0.2, -0.15) is 0 Å². The lowest BCUT2D eigenvalue weighted by Gasteiger charge is -2.32. The number of rotatable bonds is 5. The molecule has 0 amide bonds. The molecule has 3 aromatic rings. The van der Waals surface area contributed by atoms with E-state index in [1.54, 1.807) is 49.1 Å². The quantitative estimate of drug-likeness (QED) is 0.566. The molecule has 0 radical (unpaired) electrons. The van der Waals surface area contributed by atoms with Crippen LogP contribution in [0.1, 0.15) is 30.1 Å². The van der Waals surface area contributed by atoms with E-state index in [2.05, 4.69) is 11.8 Å². The van der Waals surface area contributed by atoms with Crippen molar-refractivity contribution in [3.8, 4) is 17.2 Å². The highest BCUT2D eigenvalue weighted by atomic mass is 16.5. The molecule has 0 unspecified atom stereocenters. The van der Waals surface area contributed by atoms with Crippen LogP contribution in [0.25, 0.3) is 16.6 Å². The minimum absolute atomic E-state index is 0.216. The average molecular weight is 437 g/mol. The number of carbonyl (C=O) groups excluding carboxylic acids is 1. The van der Waals surface area contributed by atoms with E-state index in [1.807, 2.05) is 6.07 Å². The highest BCUT2D eigenvalue weighted by molar-refractivity contribution is 5.94. The second-order valence-electron chi connectivity index (χ2n) is 7.98. The van der Waals surface area contributed by atoms with Crippen molar-refractivity contribution in [1.82, 2.24) is 9.55 Å². The fraction of sp³-hybridized carbons (Fsp3) is 0.375. The molecular weight excluding hydrogens is 410 g/mol. The molecular formula is C24H27N3O5. The summed E-state index contributed by atoms with van der Waals surface area (Å²) in [7, 11) is 4.46. The van der Waals surface area contributed by atoms with Crippen molar-refractivity contribution in [3.63, 3.8) is 0 Å². The summed E-state index contributed by atoms with van der Waals surface area (Å²) in [5, 5.41) is 0.418. The predicted octanol–water partition coefficient (Wildman–Crippen LogP) is 3.43. The second-order valence-corrected chi connectivity index (χ2v) is 7.98. The van der Waals surface area contributed by atoms with Crippen LogP contribution < -0.4 is 19.9 Å². The second kappa shape index (κ2) is 8.90. The van der Waals surface area contributed by atoms with Crippen LogP contribution in [0.2, 0.25) is 0 Å². The highest BCUT2D eigenvalue weighted by Crippen LogP contribution is 2.31. The molecule has 1 aliphatic rings. The molecule has 1 fully saturated rings. The van der Waals surface area contributed by atoms with E-state index < -0.39 is 5.97 Å². The van der Waals surface area contributed by atoms with Crippen LogP contribution in [0.5, 0.6) is 11.5 Å². The molecule has 0 spiro atoms. The molecule has 8 heteroatoms. The van der Waals surface area contributed by atoms with E-state index in [1.165, 1.54) is 7.11 Å². The van der Waals surface area contributed by atoms with Crippen molar-refractivity contribution in [2.75, 3.05) is 39.3 Å². The summed E-state index contributed by atoms with van der Waals surface area (Å²) in [6, 6.07) is 10.2. The minimum Gasteiger partial charge on any atom is -0.493 e. The Morgan fingerprint density at radius 3 is 2.38 bits per heavy atom. The Labute approximate surface area is 186 Å². The first-order valence-corrected chi connectivity index (χ1v) is 10.6. The van der Waals surface area contributed by atoms with Crippen molar-refractivity contribution in [2.45, 2.75) is 19.8 Å². The lowest BCUT2D eigenvalue weighted by molar-refractivity contribution is 0.0601. The van der Waals surface area contributed by atoms with E-state index in [0.29, 0.717) is 45.5 Å². The lowest BCUT2D eigenvalue weighted by atomic mass is 9.99. The number of benzene rings is 2. The number of nitrogens with zero attached hydrogens (tertiary/aromatic N) is 3. The van der Waals surface area contributed by atoms with Crippen LogP contribution in [0.4, 0.5) is 5.95 Å². The Hall–Kier alpha value is -3.55. The zero-order chi connectivity index (χ0) is 22.8. The summed E-state index contributed by atoms with van der Waals surface area (Å²) < 4.78 is 17.2. The van der Waals surface area contributed by atoms with Crippen molar-refractivity contribution >= 4 is 22.8 Å². The molecule has 8 nitrogen and oxygen atoms in total. The molecule has 0 bridgehead atoms. The summed E-state index contributed by atoms with van der Waals surface area (Å²) >= 11 is 0. The highest BCUT2D eigenvalue weighted by Gasteiger charge is 2.23. The van der Waals surface area contributed by atoms with E-state index in [4.69, 9.17) is 19.2 Å². The van der Waals surface area contributed by atoms with Gasteiger partial charge < -0.3 is 19.1 Å². The zero-order valence-electron chi connectivity index (χ0n) is 18.8. The van der Waals surface area contributed by atoms with Crippen LogP contribution in [0.15, 0.2) is 41.2 Å². The normalized spacial score (nSPS) is 14.4. The summed E-state index contributed by atoms with van der Waals surface area (Å²) in [6.45, 7) is 3.82. The maximum absolute atomic E-state index is 13.7. The summed E-state index contributed by atoms with van der Waals surface area (Å²) in [6.07, 6.45) is 2.03. The van der Waals surface area contributed by atoms with Crippen LogP contribution in [0.3, 0.4) is 0 Å². The van der Waals surface area contributed by atoms with Gasteiger partial charge in [0.15, 0.2) is 11.5 Å². The smallest absolute Gasteiger partial charge is 0.337 e. The Kier molecular flexibility index (Phi) is 6.03. The number of hydrogen-bond donors (Lipinski definition) is 0. The van der Waals surface area contributed by atoms with Gasteiger partial charge in [-0.3, -0.25) is 4.79 Å². The third kappa shape index (κ3) is 3.88. The molecule has 2 heterocycles. The average Bonchev–Trinajstić information content (AvgIpc) is 2.83. The minimum atomic E-state index is -0.467. The molecule has 2 aromatic carbocycles. The number of fused-ring (bicyclic) bond motifs is 1. The van der Waals surface area contributed by atoms with Gasteiger partial charge in [0, 0.05) is 19.2 Å². The van der Waals surface area contributed by atoms with Crippen molar-refractivity contribution < 1.29 is 19.0 Å². The predicted molar refractivity (Wildman–Crippen MR) is 122 cm³/mol. The molecule has 1 saturated heterocycles. The Balaban J connectivity index is 1.95. The number of ether oxygens (including phenoxy) is 3. The standard InChI is InChI=1S/C24H27N3O5/c1-15-9-11-26(12-10-15)24-25-19-13-16(23(29)32-4)5-7-18(19)22(28)27(24)17-6-8-20(30-2)21(14-17)31-3/h5-8,13-15H,9-12H2,1-4H3. The lowest BCUT2D eigenvalue weighted by Crippen LogP contribution is -2.38. The largest absolute Gasteiger partial charge is 0.493 e. The van der Waals surface area contributed by atoms with Gasteiger partial charge in [0.25, 0.3) is 5.56 Å². The van der Waals surface area contributed by atoms with Gasteiger partial charge >= 0.3 is 5.97 Å². The summed E-state index contributed by atoms with van der Waals surface area (Å²) in [5.41, 5.74) is 1.23. The fourth-order valence-corrected chi connectivity index (χ4v) is 4.04. The molecule has 32 heavy (non-hydrogen) atoms. The number of piperidine rings is 1. The zero-order valence-corrected chi connectivity index (χ0v) is 18.8. The molecule has 0 saturated carbocycles. The van der Waals surface area contributed by atoms with E-state index in [0.717, 1.165) is 25.9 Å². The number of hydrogen-bond acceptors (Lipinski definition) is 7. The number of methoxy groups -OCH3 is 3. The molecule has 0 N–H and O–H groups in total. The first-order chi connectivity index (χ1) is 15.5. The maximum atomic E-state index is 13.7. The van der Waals surface area contributed by atoms with Crippen LogP contribution in [-0.4, -0.2) is 49.9 Å². The molecule has 1 aliphatic heterocycles. The van der Waals surface area contributed by atoms with Crippen molar-refractivity contribution in [3.05, 3.63) is 52.3 Å². The van der Waals surface area contributed by atoms with Gasteiger partial charge in [-0.05, 0) is 49.1 Å². The monoisotopic (exact) mass is 437 g/mol. The number of esters is 1. The Morgan fingerprint density at radius 1 is 1.00 bits per heavy atom. The number of aromatic nitrogens is 2. The van der Waals surface area contributed by atoms with E-state index >= 15 is 0 Å². The molecule has 168 valence electrons. The SMILES string of the molecule is COC(=O)c1ccc2c(=O)n(-c3ccc(OC)c(OC)c3)c(N3CCC(C)CC3)nc2c1. The molecule has 0 atom stereocenters. The fourth-order valence-electron chi connectivity index (χ4n) is 4.04. The van der Waals surface area contributed by atoms with Crippen LogP contribution in [-0.2, 0) is 4.74 Å². The number of carbonyl (C=O) groups is 1. The van der Waals surface area contributed by atoms with Crippen molar-refractivity contribution in [2.24, 2.45) is 5.92 Å². The van der Waals surface area contributed by atoms with Crippen LogP contribution in [0, 0.1) is 5.92 Å². The summed E-state index contributed by atoms with van der Waals surface area (Å²) in [5.74, 6) is 1.80. The molecule has 4 rings (SSSR count). The third-order valence-corrected chi connectivity index (χ3v) is 5.96. The molecule has 0 aliphatic carbocycles. The number of anilines is 1. The van der Waals surface area contributed by atoms with Crippen LogP contribution >= 0.6 is 0 Å². The summed E-state index contributed by atoms with van der Waals surface area (Å²) in [4.78, 5) is 32.7. The maximum Gasteiger partial charge on any atom is 0.337 e. The third-order valence-electron chi connectivity index (χ3n) is 5.96. The Morgan fingerprint density at radius 2 is 1.72 bits per heavy atom. The van der Waals surface area contributed by atoms with Gasteiger partial charge in [-0.1, -0.05) is 6.92 Å².